The summed E-state index contributed by atoms with van der Waals surface area (Å²) in [5, 5.41) is 4.77. The lowest BCUT2D eigenvalue weighted by Crippen LogP contribution is -2.50. The number of nitrogens with one attached hydrogen (secondary N) is 2. The van der Waals surface area contributed by atoms with E-state index in [1.165, 1.54) is 0 Å². The van der Waals surface area contributed by atoms with Gasteiger partial charge in [0.05, 0.1) is 12.0 Å². The van der Waals surface area contributed by atoms with Gasteiger partial charge in [0, 0.05) is 12.6 Å². The molecule has 0 saturated heterocycles. The van der Waals surface area contributed by atoms with Gasteiger partial charge in [-0.15, -0.1) is 0 Å². The van der Waals surface area contributed by atoms with Crippen LogP contribution in [-0.2, 0) is 0 Å². The Labute approximate surface area is 90.4 Å². The smallest absolute Gasteiger partial charge is 0.167 e. The zero-order chi connectivity index (χ0) is 11.4. The molecule has 0 bridgehead atoms. The molecule has 0 aliphatic carbocycles. The van der Waals surface area contributed by atoms with Gasteiger partial charge in [0.1, 0.15) is 6.17 Å². The minimum Gasteiger partial charge on any atom is -0.396 e. The van der Waals surface area contributed by atoms with Crippen molar-refractivity contribution in [3.05, 3.63) is 11.5 Å². The van der Waals surface area contributed by atoms with Crippen LogP contribution in [0.25, 0.3) is 0 Å². The summed E-state index contributed by atoms with van der Waals surface area (Å²) in [6.07, 6.45) is 1.21. The van der Waals surface area contributed by atoms with E-state index in [4.69, 9.17) is 11.5 Å². The Kier molecular flexibility index (Phi) is 3.93. The fourth-order valence-corrected chi connectivity index (χ4v) is 1.36. The number of nitrogens with two attached hydrogens (primary N) is 2. The van der Waals surface area contributed by atoms with Crippen molar-refractivity contribution >= 4 is 6.34 Å². The van der Waals surface area contributed by atoms with Crippen LogP contribution in [-0.4, -0.2) is 30.1 Å². The molecule has 1 atom stereocenters. The van der Waals surface area contributed by atoms with Crippen LogP contribution in [0.5, 0.6) is 0 Å². The predicted octanol–water partition coefficient (Wildman–Crippen LogP) is -0.735. The summed E-state index contributed by atoms with van der Waals surface area (Å²) in [7, 11) is 0. The van der Waals surface area contributed by atoms with E-state index in [-0.39, 0.29) is 12.2 Å². The van der Waals surface area contributed by atoms with Gasteiger partial charge in [0.25, 0.3) is 0 Å². The first-order chi connectivity index (χ1) is 7.07. The fraction of sp³-hybridized carbons (Fsp3) is 0.667. The molecule has 1 heterocycles. The average Bonchev–Trinajstić information content (AvgIpc) is 2.19. The Morgan fingerprint density at radius 3 is 2.87 bits per heavy atom. The molecule has 6 heteroatoms. The minimum atomic E-state index is -0.364. The van der Waals surface area contributed by atoms with Gasteiger partial charge in [0.15, 0.2) is 5.82 Å². The average molecular weight is 212 g/mol. The Morgan fingerprint density at radius 1 is 1.67 bits per heavy atom. The first kappa shape index (κ1) is 11.8. The zero-order valence-corrected chi connectivity index (χ0v) is 9.49. The standard InChI is InChI=1S/C9H20N6/c1-4-14-15(6(2)3)9-7(10)8(11)12-5-13-9/h5-6,8,14H,4,10-11H2,1-3H3,(H,12,13). The Hall–Kier alpha value is -1.27. The molecular weight excluding hydrogens is 192 g/mol. The molecule has 1 unspecified atom stereocenters. The van der Waals surface area contributed by atoms with Crippen molar-refractivity contribution in [2.45, 2.75) is 33.0 Å². The number of rotatable bonds is 4. The lowest BCUT2D eigenvalue weighted by Gasteiger charge is -2.32. The van der Waals surface area contributed by atoms with Crippen molar-refractivity contribution in [2.75, 3.05) is 6.54 Å². The molecule has 0 aromatic rings. The topological polar surface area (TPSA) is 91.7 Å². The molecule has 1 aliphatic rings. The van der Waals surface area contributed by atoms with E-state index >= 15 is 0 Å². The van der Waals surface area contributed by atoms with Gasteiger partial charge in [-0.2, -0.15) is 0 Å². The van der Waals surface area contributed by atoms with E-state index in [1.54, 1.807) is 6.34 Å². The van der Waals surface area contributed by atoms with Crippen molar-refractivity contribution in [3.63, 3.8) is 0 Å². The summed E-state index contributed by atoms with van der Waals surface area (Å²) in [6.45, 7) is 6.96. The largest absolute Gasteiger partial charge is 0.396 e. The molecule has 0 saturated carbocycles. The van der Waals surface area contributed by atoms with Gasteiger partial charge in [-0.25, -0.2) is 10.4 Å². The van der Waals surface area contributed by atoms with Crippen LogP contribution in [0.3, 0.4) is 0 Å². The van der Waals surface area contributed by atoms with Crippen molar-refractivity contribution < 1.29 is 0 Å². The molecule has 6 nitrogen and oxygen atoms in total. The predicted molar refractivity (Wildman–Crippen MR) is 61.5 cm³/mol. The molecule has 0 amide bonds. The third-order valence-corrected chi connectivity index (χ3v) is 2.11. The number of hydrogen-bond acceptors (Lipinski definition) is 6. The van der Waals surface area contributed by atoms with Gasteiger partial charge < -0.3 is 16.8 Å². The third kappa shape index (κ3) is 2.60. The molecule has 1 rings (SSSR count). The number of aliphatic imine (C=N–C) groups is 1. The molecule has 0 radical (unpaired) electrons. The molecule has 86 valence electrons. The first-order valence-corrected chi connectivity index (χ1v) is 5.14. The SMILES string of the molecule is CCNN(C1=C(N)C(N)NC=N1)C(C)C. The van der Waals surface area contributed by atoms with E-state index in [1.807, 2.05) is 11.9 Å². The molecule has 0 aromatic carbocycles. The Balaban J connectivity index is 2.91. The van der Waals surface area contributed by atoms with E-state index in [9.17, 15) is 0 Å². The maximum atomic E-state index is 5.89. The van der Waals surface area contributed by atoms with Crippen molar-refractivity contribution in [1.82, 2.24) is 15.8 Å². The molecular formula is C9H20N6. The van der Waals surface area contributed by atoms with E-state index in [0.717, 1.165) is 6.54 Å². The summed E-state index contributed by atoms with van der Waals surface area (Å²) in [4.78, 5) is 4.20. The van der Waals surface area contributed by atoms with Crippen LogP contribution >= 0.6 is 0 Å². The monoisotopic (exact) mass is 212 g/mol. The van der Waals surface area contributed by atoms with E-state index in [2.05, 4.69) is 29.6 Å². The van der Waals surface area contributed by atoms with Crippen LogP contribution < -0.4 is 22.2 Å². The minimum absolute atomic E-state index is 0.265. The van der Waals surface area contributed by atoms with Crippen molar-refractivity contribution in [3.8, 4) is 0 Å². The van der Waals surface area contributed by atoms with Gasteiger partial charge in [-0.1, -0.05) is 6.92 Å². The van der Waals surface area contributed by atoms with Gasteiger partial charge in [-0.05, 0) is 13.8 Å². The normalized spacial score (nSPS) is 20.7. The second-order valence-corrected chi connectivity index (χ2v) is 3.66. The highest BCUT2D eigenvalue weighted by Crippen LogP contribution is 2.13. The van der Waals surface area contributed by atoms with Crippen molar-refractivity contribution in [2.24, 2.45) is 16.5 Å². The summed E-state index contributed by atoms with van der Waals surface area (Å²) in [5.41, 5.74) is 15.4. The fourth-order valence-electron chi connectivity index (χ4n) is 1.36. The van der Waals surface area contributed by atoms with Crippen LogP contribution in [0.2, 0.25) is 0 Å². The van der Waals surface area contributed by atoms with Gasteiger partial charge >= 0.3 is 0 Å². The third-order valence-electron chi connectivity index (χ3n) is 2.11. The highest BCUT2D eigenvalue weighted by atomic mass is 15.6. The summed E-state index contributed by atoms with van der Waals surface area (Å²) >= 11 is 0. The molecule has 15 heavy (non-hydrogen) atoms. The molecule has 0 fully saturated rings. The van der Waals surface area contributed by atoms with Crippen LogP contribution in [0.15, 0.2) is 16.5 Å². The lowest BCUT2D eigenvalue weighted by atomic mass is 10.3. The number of nitrogens with zero attached hydrogens (tertiary/aromatic N) is 2. The van der Waals surface area contributed by atoms with Crippen molar-refractivity contribution in [1.29, 1.82) is 0 Å². The highest BCUT2D eigenvalue weighted by molar-refractivity contribution is 5.59. The maximum Gasteiger partial charge on any atom is 0.167 e. The second kappa shape index (κ2) is 4.99. The van der Waals surface area contributed by atoms with E-state index < -0.39 is 0 Å². The highest BCUT2D eigenvalue weighted by Gasteiger charge is 2.20. The maximum absolute atomic E-state index is 5.89. The molecule has 0 spiro atoms. The summed E-state index contributed by atoms with van der Waals surface area (Å²) < 4.78 is 0. The van der Waals surface area contributed by atoms with Crippen LogP contribution in [0.1, 0.15) is 20.8 Å². The second-order valence-electron chi connectivity index (χ2n) is 3.66. The Bertz CT molecular complexity index is 270. The lowest BCUT2D eigenvalue weighted by molar-refractivity contribution is 0.194. The number of hydrazine groups is 1. The van der Waals surface area contributed by atoms with Gasteiger partial charge in [-0.3, -0.25) is 5.01 Å². The molecule has 1 aliphatic heterocycles. The Morgan fingerprint density at radius 2 is 2.33 bits per heavy atom. The molecule has 6 N–H and O–H groups in total. The van der Waals surface area contributed by atoms with E-state index in [0.29, 0.717) is 11.5 Å². The summed E-state index contributed by atoms with van der Waals surface area (Å²) in [5.74, 6) is 0.693. The van der Waals surface area contributed by atoms with Crippen LogP contribution in [0, 0.1) is 0 Å². The van der Waals surface area contributed by atoms with Gasteiger partial charge in [0.2, 0.25) is 0 Å². The summed E-state index contributed by atoms with van der Waals surface area (Å²) in [6, 6.07) is 0.265. The van der Waals surface area contributed by atoms with Crippen LogP contribution in [0.4, 0.5) is 0 Å². The molecule has 0 aromatic heterocycles. The quantitative estimate of drug-likeness (QED) is 0.461. The first-order valence-electron chi connectivity index (χ1n) is 5.14. The zero-order valence-electron chi connectivity index (χ0n) is 9.49. The number of hydrogen-bond donors (Lipinski definition) is 4.